The van der Waals surface area contributed by atoms with Crippen LogP contribution < -0.4 is 4.90 Å². The van der Waals surface area contributed by atoms with Gasteiger partial charge >= 0.3 is 12.3 Å². The van der Waals surface area contributed by atoms with E-state index in [1.165, 1.54) is 12.1 Å². The van der Waals surface area contributed by atoms with E-state index < -0.39 is 22.8 Å². The van der Waals surface area contributed by atoms with Crippen molar-refractivity contribution in [3.8, 4) is 0 Å². The summed E-state index contributed by atoms with van der Waals surface area (Å²) in [4.78, 5) is 22.0. The Morgan fingerprint density at radius 1 is 1.00 bits per heavy atom. The molecule has 0 atom stereocenters. The fourth-order valence-corrected chi connectivity index (χ4v) is 1.89. The monoisotopic (exact) mass is 326 g/mol. The largest absolute Gasteiger partial charge is 0.464 e. The van der Waals surface area contributed by atoms with Gasteiger partial charge in [0.15, 0.2) is 0 Å². The zero-order valence-corrected chi connectivity index (χ0v) is 11.3. The van der Waals surface area contributed by atoms with Crippen molar-refractivity contribution in [3.05, 3.63) is 64.2 Å². The van der Waals surface area contributed by atoms with E-state index in [0.717, 1.165) is 41.3 Å². The molecule has 0 aromatic heterocycles. The third-order valence-corrected chi connectivity index (χ3v) is 2.96. The highest BCUT2D eigenvalue weighted by Gasteiger charge is 2.30. The van der Waals surface area contributed by atoms with Gasteiger partial charge in [-0.1, -0.05) is 0 Å². The number of halogens is 3. The van der Waals surface area contributed by atoms with Gasteiger partial charge in [-0.25, -0.2) is 9.69 Å². The van der Waals surface area contributed by atoms with Crippen molar-refractivity contribution in [2.45, 2.75) is 6.18 Å². The number of benzene rings is 2. The van der Waals surface area contributed by atoms with E-state index >= 15 is 0 Å². The lowest BCUT2D eigenvalue weighted by Gasteiger charge is -2.19. The van der Waals surface area contributed by atoms with Crippen LogP contribution in [0.15, 0.2) is 48.5 Å². The summed E-state index contributed by atoms with van der Waals surface area (Å²) in [6.07, 6.45) is -5.96. The summed E-state index contributed by atoms with van der Waals surface area (Å²) in [6, 6.07) is 8.16. The normalized spacial score (nSPS) is 11.1. The second-order valence-electron chi connectivity index (χ2n) is 4.44. The Balaban J connectivity index is 2.39. The number of alkyl halides is 3. The number of anilines is 2. The van der Waals surface area contributed by atoms with E-state index in [0.29, 0.717) is 0 Å². The maximum absolute atomic E-state index is 12.5. The Kier molecular flexibility index (Phi) is 4.21. The molecular formula is C14H9F3N2O4. The smallest absolute Gasteiger partial charge is 0.416 e. The van der Waals surface area contributed by atoms with E-state index in [9.17, 15) is 33.2 Å². The van der Waals surface area contributed by atoms with Crippen molar-refractivity contribution in [2.75, 3.05) is 4.90 Å². The summed E-state index contributed by atoms with van der Waals surface area (Å²) >= 11 is 0. The first-order valence-corrected chi connectivity index (χ1v) is 6.15. The molecule has 0 aliphatic carbocycles. The zero-order chi connectivity index (χ0) is 17.2. The van der Waals surface area contributed by atoms with Gasteiger partial charge in [0.25, 0.3) is 5.69 Å². The Morgan fingerprint density at radius 2 is 1.43 bits per heavy atom. The van der Waals surface area contributed by atoms with Gasteiger partial charge in [0.05, 0.1) is 21.9 Å². The Bertz CT molecular complexity index is 727. The highest BCUT2D eigenvalue weighted by atomic mass is 19.4. The van der Waals surface area contributed by atoms with Crippen LogP contribution in [0.2, 0.25) is 0 Å². The van der Waals surface area contributed by atoms with Crippen molar-refractivity contribution in [3.63, 3.8) is 0 Å². The summed E-state index contributed by atoms with van der Waals surface area (Å²) < 4.78 is 37.6. The van der Waals surface area contributed by atoms with Crippen LogP contribution >= 0.6 is 0 Å². The molecule has 2 aromatic rings. The van der Waals surface area contributed by atoms with E-state index in [4.69, 9.17) is 0 Å². The summed E-state index contributed by atoms with van der Waals surface area (Å²) in [5.74, 6) is 0. The van der Waals surface area contributed by atoms with Crippen molar-refractivity contribution in [2.24, 2.45) is 0 Å². The lowest BCUT2D eigenvalue weighted by atomic mass is 10.1. The molecule has 0 unspecified atom stereocenters. The minimum Gasteiger partial charge on any atom is -0.464 e. The molecule has 1 amide bonds. The van der Waals surface area contributed by atoms with Crippen LogP contribution in [0.1, 0.15) is 5.56 Å². The molecular weight excluding hydrogens is 317 g/mol. The molecule has 0 aliphatic heterocycles. The number of nitro benzene ring substituents is 1. The lowest BCUT2D eigenvalue weighted by molar-refractivity contribution is -0.384. The fourth-order valence-electron chi connectivity index (χ4n) is 1.89. The second-order valence-corrected chi connectivity index (χ2v) is 4.44. The first-order valence-electron chi connectivity index (χ1n) is 6.15. The van der Waals surface area contributed by atoms with E-state index in [2.05, 4.69) is 0 Å². The molecule has 1 N–H and O–H groups in total. The van der Waals surface area contributed by atoms with E-state index in [1.54, 1.807) is 0 Å². The highest BCUT2D eigenvalue weighted by molar-refractivity contribution is 5.94. The van der Waals surface area contributed by atoms with Crippen LogP contribution in [-0.2, 0) is 6.18 Å². The molecule has 6 nitrogen and oxygen atoms in total. The van der Waals surface area contributed by atoms with Gasteiger partial charge in [0, 0.05) is 12.1 Å². The lowest BCUT2D eigenvalue weighted by Crippen LogP contribution is -2.23. The van der Waals surface area contributed by atoms with Gasteiger partial charge in [-0.15, -0.1) is 0 Å². The second kappa shape index (κ2) is 5.95. The quantitative estimate of drug-likeness (QED) is 0.668. The molecule has 0 aliphatic rings. The molecule has 9 heteroatoms. The van der Waals surface area contributed by atoms with Gasteiger partial charge in [0.2, 0.25) is 0 Å². The molecule has 0 saturated carbocycles. The van der Waals surface area contributed by atoms with Crippen molar-refractivity contribution < 1.29 is 28.0 Å². The molecule has 0 bridgehead atoms. The van der Waals surface area contributed by atoms with Gasteiger partial charge in [0.1, 0.15) is 0 Å². The number of rotatable bonds is 3. The molecule has 0 saturated heterocycles. The van der Waals surface area contributed by atoms with Crippen LogP contribution in [-0.4, -0.2) is 16.1 Å². The Morgan fingerprint density at radius 3 is 1.78 bits per heavy atom. The van der Waals surface area contributed by atoms with Crippen molar-refractivity contribution in [1.82, 2.24) is 0 Å². The zero-order valence-electron chi connectivity index (χ0n) is 11.3. The summed E-state index contributed by atoms with van der Waals surface area (Å²) in [7, 11) is 0. The molecule has 120 valence electrons. The first kappa shape index (κ1) is 16.3. The van der Waals surface area contributed by atoms with Gasteiger partial charge in [-0.3, -0.25) is 10.1 Å². The topological polar surface area (TPSA) is 83.7 Å². The first-order chi connectivity index (χ1) is 10.7. The highest BCUT2D eigenvalue weighted by Crippen LogP contribution is 2.32. The van der Waals surface area contributed by atoms with Crippen molar-refractivity contribution >= 4 is 23.2 Å². The third-order valence-electron chi connectivity index (χ3n) is 2.96. The molecule has 2 rings (SSSR count). The average molecular weight is 326 g/mol. The maximum Gasteiger partial charge on any atom is 0.416 e. The SMILES string of the molecule is O=C(O)N(c1ccc([N+](=O)[O-])cc1)c1ccc(C(F)(F)F)cc1. The summed E-state index contributed by atoms with van der Waals surface area (Å²) in [5.41, 5.74) is -1.08. The average Bonchev–Trinajstić information content (AvgIpc) is 2.47. The predicted octanol–water partition coefficient (Wildman–Crippen LogP) is 4.43. The Labute approximate surface area is 127 Å². The Hall–Kier alpha value is -3.10. The van der Waals surface area contributed by atoms with Crippen LogP contribution in [0, 0.1) is 10.1 Å². The van der Waals surface area contributed by atoms with E-state index in [-0.39, 0.29) is 17.1 Å². The number of hydrogen-bond donors (Lipinski definition) is 1. The molecule has 0 spiro atoms. The van der Waals surface area contributed by atoms with Gasteiger partial charge < -0.3 is 5.11 Å². The number of non-ortho nitro benzene ring substituents is 1. The van der Waals surface area contributed by atoms with Gasteiger partial charge in [-0.2, -0.15) is 13.2 Å². The third kappa shape index (κ3) is 3.57. The predicted molar refractivity (Wildman–Crippen MR) is 74.7 cm³/mol. The molecule has 2 aromatic carbocycles. The number of amides is 1. The minimum atomic E-state index is -4.53. The number of nitro groups is 1. The number of carboxylic acid groups (broad SMARTS) is 1. The summed E-state index contributed by atoms with van der Waals surface area (Å²) in [6.45, 7) is 0. The molecule has 0 radical (unpaired) electrons. The molecule has 0 heterocycles. The fraction of sp³-hybridized carbons (Fsp3) is 0.0714. The van der Waals surface area contributed by atoms with Crippen LogP contribution in [0.25, 0.3) is 0 Å². The summed E-state index contributed by atoms with van der Waals surface area (Å²) in [5, 5.41) is 19.8. The standard InChI is InChI=1S/C14H9F3N2O4/c15-14(16,17)9-1-3-10(4-2-9)18(13(20)21)11-5-7-12(8-6-11)19(22)23/h1-8H,(H,20,21). The van der Waals surface area contributed by atoms with Gasteiger partial charge in [-0.05, 0) is 36.4 Å². The number of carbonyl (C=O) groups is 1. The van der Waals surface area contributed by atoms with E-state index in [1.807, 2.05) is 0 Å². The maximum atomic E-state index is 12.5. The number of nitrogens with zero attached hydrogens (tertiary/aromatic N) is 2. The molecule has 23 heavy (non-hydrogen) atoms. The van der Waals surface area contributed by atoms with Crippen molar-refractivity contribution in [1.29, 1.82) is 0 Å². The van der Waals surface area contributed by atoms with Crippen LogP contribution in [0.3, 0.4) is 0 Å². The molecule has 0 fully saturated rings. The van der Waals surface area contributed by atoms with Crippen LogP contribution in [0.4, 0.5) is 35.0 Å². The van der Waals surface area contributed by atoms with Crippen LogP contribution in [0.5, 0.6) is 0 Å². The minimum absolute atomic E-state index is 0.0145. The number of hydrogen-bond acceptors (Lipinski definition) is 3.